The minimum atomic E-state index is -0.165. The van der Waals surface area contributed by atoms with E-state index in [2.05, 4.69) is 67.4 Å². The summed E-state index contributed by atoms with van der Waals surface area (Å²) in [6, 6.07) is 37.7. The number of pyridine rings is 1. The molecule has 0 amide bonds. The molecular weight excluding hydrogens is 476 g/mol. The summed E-state index contributed by atoms with van der Waals surface area (Å²) in [7, 11) is 0. The first-order chi connectivity index (χ1) is 19.1. The van der Waals surface area contributed by atoms with E-state index in [0.717, 1.165) is 16.7 Å². The molecule has 0 atom stereocenters. The van der Waals surface area contributed by atoms with Gasteiger partial charge in [-0.15, -0.1) is 0 Å². The Morgan fingerprint density at radius 1 is 0.436 bits per heavy atom. The number of rotatable bonds is 4. The van der Waals surface area contributed by atoms with Gasteiger partial charge in [0.05, 0.1) is 0 Å². The molecule has 4 heteroatoms. The smallest absolute Gasteiger partial charge is 0.164 e. The summed E-state index contributed by atoms with van der Waals surface area (Å²) in [5.41, 5.74) is 10.3. The van der Waals surface area contributed by atoms with Gasteiger partial charge in [-0.1, -0.05) is 98.8 Å². The lowest BCUT2D eigenvalue weighted by molar-refractivity contribution is 0.661. The highest BCUT2D eigenvalue weighted by molar-refractivity contribution is 5.85. The van der Waals surface area contributed by atoms with Crippen LogP contribution in [0.3, 0.4) is 0 Å². The van der Waals surface area contributed by atoms with Gasteiger partial charge in [0, 0.05) is 34.5 Å². The van der Waals surface area contributed by atoms with Gasteiger partial charge in [-0.25, -0.2) is 15.0 Å². The fraction of sp³-hybridized carbons (Fsp3) is 0.0857. The molecule has 4 aromatic carbocycles. The van der Waals surface area contributed by atoms with Crippen molar-refractivity contribution >= 4 is 0 Å². The predicted molar refractivity (Wildman–Crippen MR) is 157 cm³/mol. The summed E-state index contributed by atoms with van der Waals surface area (Å²) in [6.07, 6.45) is 3.69. The van der Waals surface area contributed by atoms with Crippen molar-refractivity contribution < 1.29 is 0 Å². The number of benzene rings is 4. The Kier molecular flexibility index (Phi) is 5.41. The molecule has 7 rings (SSSR count). The van der Waals surface area contributed by atoms with Gasteiger partial charge >= 0.3 is 0 Å². The van der Waals surface area contributed by atoms with Crippen LogP contribution in [0.1, 0.15) is 25.0 Å². The van der Waals surface area contributed by atoms with E-state index in [1.54, 1.807) is 0 Å². The average molecular weight is 503 g/mol. The zero-order valence-electron chi connectivity index (χ0n) is 21.8. The molecular formula is C35H26N4. The summed E-state index contributed by atoms with van der Waals surface area (Å²) < 4.78 is 0. The molecule has 1 aliphatic rings. The normalized spacial score (nSPS) is 13.1. The minimum absolute atomic E-state index is 0.165. The van der Waals surface area contributed by atoms with E-state index in [4.69, 9.17) is 15.0 Å². The maximum Gasteiger partial charge on any atom is 0.164 e. The Labute approximate surface area is 228 Å². The Balaban J connectivity index is 1.36. The van der Waals surface area contributed by atoms with Crippen LogP contribution in [0.15, 0.2) is 122 Å². The molecule has 0 radical (unpaired) electrons. The topological polar surface area (TPSA) is 51.6 Å². The van der Waals surface area contributed by atoms with Crippen molar-refractivity contribution in [1.29, 1.82) is 0 Å². The molecule has 0 N–H and O–H groups in total. The van der Waals surface area contributed by atoms with Crippen molar-refractivity contribution in [2.24, 2.45) is 0 Å². The monoisotopic (exact) mass is 502 g/mol. The van der Waals surface area contributed by atoms with Crippen LogP contribution < -0.4 is 0 Å². The number of hydrogen-bond acceptors (Lipinski definition) is 4. The molecule has 0 fully saturated rings. The first kappa shape index (κ1) is 23.2. The van der Waals surface area contributed by atoms with Crippen LogP contribution in [0.4, 0.5) is 0 Å². The van der Waals surface area contributed by atoms with Crippen LogP contribution in [0.2, 0.25) is 0 Å². The molecule has 186 valence electrons. The average Bonchev–Trinajstić information content (AvgIpc) is 3.23. The second kappa shape index (κ2) is 9.10. The largest absolute Gasteiger partial charge is 0.265 e. The summed E-state index contributed by atoms with van der Waals surface area (Å²) >= 11 is 0. The molecule has 39 heavy (non-hydrogen) atoms. The van der Waals surface area contributed by atoms with Crippen molar-refractivity contribution in [1.82, 2.24) is 19.9 Å². The minimum Gasteiger partial charge on any atom is -0.265 e. The van der Waals surface area contributed by atoms with Crippen LogP contribution in [-0.4, -0.2) is 19.9 Å². The SMILES string of the molecule is CC1(C)c2cc(-c3ccncc3)ccc2-c2ccc(-c3nc(-c4ccccc4)nc(-c4ccccc4)n3)cc21. The van der Waals surface area contributed by atoms with Crippen LogP contribution in [0, 0.1) is 0 Å². The fourth-order valence-corrected chi connectivity index (χ4v) is 5.54. The number of nitrogens with zero attached hydrogens (tertiary/aromatic N) is 4. The molecule has 0 saturated carbocycles. The molecule has 0 bridgehead atoms. The van der Waals surface area contributed by atoms with Crippen LogP contribution >= 0.6 is 0 Å². The Morgan fingerprint density at radius 2 is 0.897 bits per heavy atom. The second-order valence-electron chi connectivity index (χ2n) is 10.4. The molecule has 0 unspecified atom stereocenters. The Morgan fingerprint density at radius 3 is 1.44 bits per heavy atom. The summed E-state index contributed by atoms with van der Waals surface area (Å²) in [5.74, 6) is 2.02. The Bertz CT molecular complexity index is 1750. The molecule has 6 aromatic rings. The van der Waals surface area contributed by atoms with Gasteiger partial charge in [-0.2, -0.15) is 0 Å². The molecule has 2 heterocycles. The van der Waals surface area contributed by atoms with Crippen LogP contribution in [-0.2, 0) is 5.41 Å². The van der Waals surface area contributed by atoms with Gasteiger partial charge < -0.3 is 0 Å². The third kappa shape index (κ3) is 4.02. The van der Waals surface area contributed by atoms with Gasteiger partial charge in [-0.05, 0) is 57.6 Å². The molecule has 4 nitrogen and oxygen atoms in total. The lowest BCUT2D eigenvalue weighted by Gasteiger charge is -2.22. The number of aromatic nitrogens is 4. The van der Waals surface area contributed by atoms with Gasteiger partial charge in [0.25, 0.3) is 0 Å². The van der Waals surface area contributed by atoms with E-state index >= 15 is 0 Å². The van der Waals surface area contributed by atoms with E-state index < -0.39 is 0 Å². The van der Waals surface area contributed by atoms with Crippen molar-refractivity contribution in [2.45, 2.75) is 19.3 Å². The van der Waals surface area contributed by atoms with Gasteiger partial charge in [0.2, 0.25) is 0 Å². The van der Waals surface area contributed by atoms with Crippen LogP contribution in [0.5, 0.6) is 0 Å². The van der Waals surface area contributed by atoms with Crippen molar-refractivity contribution in [3.63, 3.8) is 0 Å². The second-order valence-corrected chi connectivity index (χ2v) is 10.4. The van der Waals surface area contributed by atoms with E-state index in [9.17, 15) is 0 Å². The van der Waals surface area contributed by atoms with E-state index in [-0.39, 0.29) is 5.41 Å². The molecule has 0 saturated heterocycles. The standard InChI is InChI=1S/C35H26N4/c1-35(2)30-21-26(23-17-19-36-20-18-23)13-15-28(30)29-16-14-27(22-31(29)35)34-38-32(24-9-5-3-6-10-24)37-33(39-34)25-11-7-4-8-12-25/h3-22H,1-2H3. The highest BCUT2D eigenvalue weighted by atomic mass is 15.0. The number of hydrogen-bond donors (Lipinski definition) is 0. The van der Waals surface area contributed by atoms with Crippen molar-refractivity contribution in [3.8, 4) is 56.4 Å². The van der Waals surface area contributed by atoms with Crippen LogP contribution in [0.25, 0.3) is 56.4 Å². The molecule has 0 spiro atoms. The maximum atomic E-state index is 4.95. The highest BCUT2D eigenvalue weighted by Gasteiger charge is 2.36. The Hall–Kier alpha value is -4.96. The maximum absolute atomic E-state index is 4.95. The van der Waals surface area contributed by atoms with Gasteiger partial charge in [0.15, 0.2) is 17.5 Å². The van der Waals surface area contributed by atoms with E-state index in [1.165, 1.54) is 33.4 Å². The summed E-state index contributed by atoms with van der Waals surface area (Å²) in [5, 5.41) is 0. The van der Waals surface area contributed by atoms with E-state index in [1.807, 2.05) is 73.1 Å². The lowest BCUT2D eigenvalue weighted by atomic mass is 9.81. The molecule has 2 aromatic heterocycles. The quantitative estimate of drug-likeness (QED) is 0.244. The molecule has 1 aliphatic carbocycles. The highest BCUT2D eigenvalue weighted by Crippen LogP contribution is 2.50. The third-order valence-corrected chi connectivity index (χ3v) is 7.65. The first-order valence-corrected chi connectivity index (χ1v) is 13.1. The first-order valence-electron chi connectivity index (χ1n) is 13.1. The zero-order chi connectivity index (χ0) is 26.4. The van der Waals surface area contributed by atoms with Gasteiger partial charge in [-0.3, -0.25) is 4.98 Å². The van der Waals surface area contributed by atoms with Gasteiger partial charge in [0.1, 0.15) is 0 Å². The predicted octanol–water partition coefficient (Wildman–Crippen LogP) is 8.24. The number of fused-ring (bicyclic) bond motifs is 3. The zero-order valence-corrected chi connectivity index (χ0v) is 21.8. The summed E-state index contributed by atoms with van der Waals surface area (Å²) in [4.78, 5) is 18.9. The van der Waals surface area contributed by atoms with Crippen molar-refractivity contribution in [3.05, 3.63) is 133 Å². The fourth-order valence-electron chi connectivity index (χ4n) is 5.54. The van der Waals surface area contributed by atoms with Crippen molar-refractivity contribution in [2.75, 3.05) is 0 Å². The third-order valence-electron chi connectivity index (χ3n) is 7.65. The molecule has 0 aliphatic heterocycles. The van der Waals surface area contributed by atoms with E-state index in [0.29, 0.717) is 17.5 Å². The lowest BCUT2D eigenvalue weighted by Crippen LogP contribution is -2.15. The summed E-state index contributed by atoms with van der Waals surface area (Å²) in [6.45, 7) is 4.60.